The highest BCUT2D eigenvalue weighted by Crippen LogP contribution is 2.16. The van der Waals surface area contributed by atoms with Crippen molar-refractivity contribution in [3.63, 3.8) is 0 Å². The number of carbonyl (C=O) groups is 1. The lowest BCUT2D eigenvalue weighted by Gasteiger charge is -2.34. The first-order valence-corrected chi connectivity index (χ1v) is 7.75. The van der Waals surface area contributed by atoms with E-state index in [0.29, 0.717) is 30.8 Å². The Morgan fingerprint density at radius 2 is 1.75 bits per heavy atom. The van der Waals surface area contributed by atoms with E-state index in [1.54, 1.807) is 29.2 Å². The van der Waals surface area contributed by atoms with Gasteiger partial charge in [0.25, 0.3) is 5.91 Å². The number of nitrogens with zero attached hydrogens (tertiary/aromatic N) is 2. The van der Waals surface area contributed by atoms with E-state index >= 15 is 0 Å². The summed E-state index contributed by atoms with van der Waals surface area (Å²) in [6.45, 7) is 1.90. The molecule has 0 aromatic heterocycles. The topological polar surface area (TPSA) is 53.0 Å². The van der Waals surface area contributed by atoms with Crippen LogP contribution in [0.3, 0.4) is 0 Å². The molecule has 0 saturated carbocycles. The number of aliphatic hydroxyl groups excluding tert-OH is 1. The zero-order chi connectivity index (χ0) is 17.6. The highest BCUT2D eigenvalue weighted by atomic mass is 19.4. The van der Waals surface area contributed by atoms with Crippen molar-refractivity contribution in [2.45, 2.75) is 12.8 Å². The molecule has 5 nitrogen and oxygen atoms in total. The summed E-state index contributed by atoms with van der Waals surface area (Å²) in [5.74, 6) is -0.0959. The molecule has 1 saturated heterocycles. The van der Waals surface area contributed by atoms with Gasteiger partial charge >= 0.3 is 6.18 Å². The molecule has 0 aliphatic carbocycles. The van der Waals surface area contributed by atoms with Gasteiger partial charge in [0.1, 0.15) is 6.61 Å². The number of hydrogen-bond acceptors (Lipinski definition) is 4. The van der Waals surface area contributed by atoms with Crippen molar-refractivity contribution < 1.29 is 27.8 Å². The van der Waals surface area contributed by atoms with Gasteiger partial charge in [-0.25, -0.2) is 0 Å². The summed E-state index contributed by atoms with van der Waals surface area (Å²) < 4.78 is 40.6. The van der Waals surface area contributed by atoms with Crippen LogP contribution in [0.2, 0.25) is 0 Å². The molecule has 1 N–H and O–H groups in total. The Bertz CT molecular complexity index is 526. The fourth-order valence-corrected chi connectivity index (χ4v) is 2.53. The largest absolute Gasteiger partial charge is 0.411 e. The first-order chi connectivity index (χ1) is 11.4. The summed E-state index contributed by atoms with van der Waals surface area (Å²) in [4.78, 5) is 16.2. The minimum Gasteiger partial charge on any atom is -0.395 e. The summed E-state index contributed by atoms with van der Waals surface area (Å²) in [6.07, 6.45) is -4.34. The minimum atomic E-state index is -4.34. The summed E-state index contributed by atoms with van der Waals surface area (Å²) >= 11 is 0. The number of halogens is 3. The van der Waals surface area contributed by atoms with Crippen LogP contribution in [0.5, 0.6) is 0 Å². The molecule has 0 atom stereocenters. The van der Waals surface area contributed by atoms with Crippen LogP contribution < -0.4 is 0 Å². The highest BCUT2D eigenvalue weighted by molar-refractivity contribution is 5.94. The number of β-amino-alcohol motifs (C(OH)–C–C–N with tert-alkyl or cyclic N) is 1. The van der Waals surface area contributed by atoms with Crippen molar-refractivity contribution in [2.24, 2.45) is 0 Å². The highest BCUT2D eigenvalue weighted by Gasteiger charge is 2.27. The lowest BCUT2D eigenvalue weighted by atomic mass is 10.1. The smallest absolute Gasteiger partial charge is 0.395 e. The van der Waals surface area contributed by atoms with Crippen LogP contribution in [-0.2, 0) is 11.3 Å². The molecule has 1 aliphatic rings. The molecule has 1 aromatic rings. The number of aliphatic hydroxyl groups is 1. The molecule has 1 fully saturated rings. The van der Waals surface area contributed by atoms with Gasteiger partial charge in [-0.3, -0.25) is 9.69 Å². The Kier molecular flexibility index (Phi) is 6.59. The van der Waals surface area contributed by atoms with Gasteiger partial charge in [0.05, 0.1) is 13.2 Å². The monoisotopic (exact) mass is 346 g/mol. The SMILES string of the molecule is O=C(c1ccc(COCC(F)(F)F)cc1)N1CCN(CCO)CC1. The van der Waals surface area contributed by atoms with Gasteiger partial charge in [-0.15, -0.1) is 0 Å². The van der Waals surface area contributed by atoms with Crippen LogP contribution in [0.15, 0.2) is 24.3 Å². The molecular weight excluding hydrogens is 325 g/mol. The van der Waals surface area contributed by atoms with Crippen molar-refractivity contribution in [1.29, 1.82) is 0 Å². The van der Waals surface area contributed by atoms with E-state index in [0.717, 1.165) is 13.1 Å². The zero-order valence-electron chi connectivity index (χ0n) is 13.3. The zero-order valence-corrected chi connectivity index (χ0v) is 13.3. The lowest BCUT2D eigenvalue weighted by Crippen LogP contribution is -2.49. The van der Waals surface area contributed by atoms with E-state index in [1.165, 1.54) is 0 Å². The second-order valence-electron chi connectivity index (χ2n) is 5.66. The lowest BCUT2D eigenvalue weighted by molar-refractivity contribution is -0.176. The molecule has 0 radical (unpaired) electrons. The second-order valence-corrected chi connectivity index (χ2v) is 5.66. The van der Waals surface area contributed by atoms with Crippen LogP contribution >= 0.6 is 0 Å². The number of amides is 1. The average Bonchev–Trinajstić information content (AvgIpc) is 2.55. The molecule has 2 rings (SSSR count). The number of carbonyl (C=O) groups excluding carboxylic acids is 1. The molecule has 1 aliphatic heterocycles. The minimum absolute atomic E-state index is 0.0959. The summed E-state index contributed by atoms with van der Waals surface area (Å²) in [5, 5.41) is 8.91. The van der Waals surface area contributed by atoms with E-state index in [2.05, 4.69) is 9.64 Å². The Labute approximate surface area is 138 Å². The van der Waals surface area contributed by atoms with Gasteiger partial charge in [0.15, 0.2) is 0 Å². The van der Waals surface area contributed by atoms with E-state index < -0.39 is 12.8 Å². The maximum absolute atomic E-state index is 12.4. The molecule has 1 heterocycles. The molecule has 24 heavy (non-hydrogen) atoms. The molecular formula is C16H21F3N2O3. The summed E-state index contributed by atoms with van der Waals surface area (Å²) in [7, 11) is 0. The first kappa shape index (κ1) is 18.7. The number of hydrogen-bond donors (Lipinski definition) is 1. The number of ether oxygens (including phenoxy) is 1. The van der Waals surface area contributed by atoms with Gasteiger partial charge in [0, 0.05) is 38.3 Å². The maximum atomic E-state index is 12.4. The molecule has 0 spiro atoms. The van der Waals surface area contributed by atoms with E-state index in [-0.39, 0.29) is 19.1 Å². The average molecular weight is 346 g/mol. The van der Waals surface area contributed by atoms with Crippen molar-refractivity contribution in [3.05, 3.63) is 35.4 Å². The maximum Gasteiger partial charge on any atom is 0.411 e. The molecule has 134 valence electrons. The Morgan fingerprint density at radius 3 is 2.29 bits per heavy atom. The van der Waals surface area contributed by atoms with Gasteiger partial charge < -0.3 is 14.7 Å². The van der Waals surface area contributed by atoms with Crippen molar-refractivity contribution in [1.82, 2.24) is 9.80 Å². The second kappa shape index (κ2) is 8.46. The van der Waals surface area contributed by atoms with Crippen LogP contribution in [0.25, 0.3) is 0 Å². The van der Waals surface area contributed by atoms with E-state index in [4.69, 9.17) is 5.11 Å². The molecule has 1 aromatic carbocycles. The van der Waals surface area contributed by atoms with Crippen LogP contribution in [0, 0.1) is 0 Å². The normalized spacial score (nSPS) is 16.4. The van der Waals surface area contributed by atoms with Crippen molar-refractivity contribution >= 4 is 5.91 Å². The standard InChI is InChI=1S/C16H21F3N2O3/c17-16(18,19)12-24-11-13-1-3-14(4-2-13)15(23)21-7-5-20(6-8-21)9-10-22/h1-4,22H,5-12H2. The van der Waals surface area contributed by atoms with Gasteiger partial charge in [0.2, 0.25) is 0 Å². The van der Waals surface area contributed by atoms with Gasteiger partial charge in [-0.1, -0.05) is 12.1 Å². The summed E-state index contributed by atoms with van der Waals surface area (Å²) in [5.41, 5.74) is 1.09. The van der Waals surface area contributed by atoms with Crippen LogP contribution in [0.1, 0.15) is 15.9 Å². The van der Waals surface area contributed by atoms with Crippen molar-refractivity contribution in [3.8, 4) is 0 Å². The third kappa shape index (κ3) is 5.77. The van der Waals surface area contributed by atoms with Crippen LogP contribution in [-0.4, -0.2) is 72.9 Å². The first-order valence-electron chi connectivity index (χ1n) is 7.75. The van der Waals surface area contributed by atoms with Gasteiger partial charge in [-0.2, -0.15) is 13.2 Å². The predicted octanol–water partition coefficient (Wildman–Crippen LogP) is 1.52. The molecule has 1 amide bonds. The Balaban J connectivity index is 1.83. The number of piperazine rings is 1. The Hall–Kier alpha value is -1.64. The molecule has 0 unspecified atom stereocenters. The molecule has 0 bridgehead atoms. The fraction of sp³-hybridized carbons (Fsp3) is 0.562. The summed E-state index contributed by atoms with van der Waals surface area (Å²) in [6, 6.07) is 6.42. The third-order valence-electron chi connectivity index (χ3n) is 3.81. The predicted molar refractivity (Wildman–Crippen MR) is 81.6 cm³/mol. The van der Waals surface area contributed by atoms with Crippen LogP contribution in [0.4, 0.5) is 13.2 Å². The van der Waals surface area contributed by atoms with Gasteiger partial charge in [-0.05, 0) is 17.7 Å². The number of rotatable bonds is 6. The number of alkyl halides is 3. The molecule has 8 heteroatoms. The fourth-order valence-electron chi connectivity index (χ4n) is 2.53. The van der Waals surface area contributed by atoms with Crippen molar-refractivity contribution in [2.75, 3.05) is 45.9 Å². The number of benzene rings is 1. The van der Waals surface area contributed by atoms with E-state index in [1.807, 2.05) is 0 Å². The third-order valence-corrected chi connectivity index (χ3v) is 3.81. The quantitative estimate of drug-likeness (QED) is 0.849. The van der Waals surface area contributed by atoms with E-state index in [9.17, 15) is 18.0 Å². The Morgan fingerprint density at radius 1 is 1.12 bits per heavy atom.